The van der Waals surface area contributed by atoms with Crippen LogP contribution in [0.5, 0.6) is 0 Å². The van der Waals surface area contributed by atoms with E-state index in [1.807, 2.05) is 30.3 Å². The standard InChI is InChI=1S/C17H15FN2O/c1-13(21)14-8-9-17(16(18)12-14)20(11-5-10-19)15-6-3-2-4-7-15/h2-4,6-9,12H,5,11H2,1H3. The zero-order chi connectivity index (χ0) is 15.2. The van der Waals surface area contributed by atoms with Crippen LogP contribution >= 0.6 is 0 Å². The van der Waals surface area contributed by atoms with Crippen LogP contribution in [0.15, 0.2) is 48.5 Å². The van der Waals surface area contributed by atoms with Crippen molar-refractivity contribution in [1.29, 1.82) is 5.26 Å². The molecular formula is C17H15FN2O. The lowest BCUT2D eigenvalue weighted by Crippen LogP contribution is -2.19. The number of nitrogens with zero attached hydrogens (tertiary/aromatic N) is 2. The maximum atomic E-state index is 14.3. The Bertz CT molecular complexity index is 677. The number of carbonyl (C=O) groups excluding carboxylic acids is 1. The van der Waals surface area contributed by atoms with Crippen molar-refractivity contribution < 1.29 is 9.18 Å². The van der Waals surface area contributed by atoms with E-state index in [0.717, 1.165) is 5.69 Å². The van der Waals surface area contributed by atoms with E-state index in [-0.39, 0.29) is 12.2 Å². The number of ketones is 1. The fraction of sp³-hybridized carbons (Fsp3) is 0.176. The molecule has 0 aliphatic heterocycles. The van der Waals surface area contributed by atoms with Crippen molar-refractivity contribution in [2.24, 2.45) is 0 Å². The van der Waals surface area contributed by atoms with Gasteiger partial charge >= 0.3 is 0 Å². The summed E-state index contributed by atoms with van der Waals surface area (Å²) in [6, 6.07) is 15.8. The van der Waals surface area contributed by atoms with Crippen LogP contribution in [0, 0.1) is 17.1 Å². The fourth-order valence-electron chi connectivity index (χ4n) is 2.10. The van der Waals surface area contributed by atoms with Crippen molar-refractivity contribution in [3.63, 3.8) is 0 Å². The Kier molecular flexibility index (Phi) is 4.68. The molecule has 3 nitrogen and oxygen atoms in total. The number of hydrogen-bond donors (Lipinski definition) is 0. The van der Waals surface area contributed by atoms with Gasteiger partial charge in [-0.15, -0.1) is 0 Å². The predicted molar refractivity (Wildman–Crippen MR) is 80.1 cm³/mol. The normalized spacial score (nSPS) is 9.95. The highest BCUT2D eigenvalue weighted by molar-refractivity contribution is 5.94. The molecule has 0 N–H and O–H groups in total. The molecule has 0 radical (unpaired) electrons. The van der Waals surface area contributed by atoms with Crippen LogP contribution in [0.3, 0.4) is 0 Å². The maximum Gasteiger partial charge on any atom is 0.159 e. The summed E-state index contributed by atoms with van der Waals surface area (Å²) in [7, 11) is 0. The first-order chi connectivity index (χ1) is 10.1. The quantitative estimate of drug-likeness (QED) is 0.776. The average Bonchev–Trinajstić information content (AvgIpc) is 2.50. The van der Waals surface area contributed by atoms with Gasteiger partial charge in [-0.2, -0.15) is 5.26 Å². The topological polar surface area (TPSA) is 44.1 Å². The number of hydrogen-bond acceptors (Lipinski definition) is 3. The third-order valence-corrected chi connectivity index (χ3v) is 3.16. The van der Waals surface area contributed by atoms with Gasteiger partial charge < -0.3 is 4.90 Å². The molecule has 0 aliphatic carbocycles. The monoisotopic (exact) mass is 282 g/mol. The first-order valence-electron chi connectivity index (χ1n) is 6.63. The number of nitriles is 1. The number of benzene rings is 2. The number of Topliss-reactive ketones (excluding diaryl/α,β-unsaturated/α-hetero) is 1. The largest absolute Gasteiger partial charge is 0.338 e. The SMILES string of the molecule is CC(=O)c1ccc(N(CCC#N)c2ccccc2)c(F)c1. The molecule has 4 heteroatoms. The molecule has 2 rings (SSSR count). The molecule has 0 saturated heterocycles. The van der Waals surface area contributed by atoms with Crippen LogP contribution in [-0.4, -0.2) is 12.3 Å². The molecule has 0 bridgehead atoms. The van der Waals surface area contributed by atoms with Crippen molar-refractivity contribution in [2.45, 2.75) is 13.3 Å². The number of para-hydroxylation sites is 1. The van der Waals surface area contributed by atoms with Gasteiger partial charge in [-0.1, -0.05) is 18.2 Å². The average molecular weight is 282 g/mol. The Labute approximate surface area is 123 Å². The minimum atomic E-state index is -0.468. The molecule has 0 saturated carbocycles. The van der Waals surface area contributed by atoms with E-state index in [0.29, 0.717) is 17.8 Å². The van der Waals surface area contributed by atoms with Crippen LogP contribution in [0.25, 0.3) is 0 Å². The molecule has 0 aromatic heterocycles. The van der Waals surface area contributed by atoms with Gasteiger partial charge in [0.25, 0.3) is 0 Å². The Morgan fingerprint density at radius 2 is 1.95 bits per heavy atom. The minimum Gasteiger partial charge on any atom is -0.338 e. The van der Waals surface area contributed by atoms with Gasteiger partial charge in [-0.05, 0) is 37.3 Å². The van der Waals surface area contributed by atoms with Crippen molar-refractivity contribution in [3.8, 4) is 6.07 Å². The van der Waals surface area contributed by atoms with Crippen molar-refractivity contribution in [2.75, 3.05) is 11.4 Å². The van der Waals surface area contributed by atoms with E-state index in [1.54, 1.807) is 17.0 Å². The van der Waals surface area contributed by atoms with E-state index in [9.17, 15) is 9.18 Å². The second-order valence-electron chi connectivity index (χ2n) is 4.62. The van der Waals surface area contributed by atoms with Crippen LogP contribution in [0.2, 0.25) is 0 Å². The van der Waals surface area contributed by atoms with Gasteiger partial charge in [0, 0.05) is 17.8 Å². The molecule has 0 aliphatic rings. The summed E-state index contributed by atoms with van der Waals surface area (Å²) in [5, 5.41) is 8.78. The first kappa shape index (κ1) is 14.7. The molecule has 0 heterocycles. The Hall–Kier alpha value is -2.67. The number of anilines is 2. The number of halogens is 1. The summed E-state index contributed by atoms with van der Waals surface area (Å²) >= 11 is 0. The van der Waals surface area contributed by atoms with Crippen molar-refractivity contribution in [3.05, 3.63) is 59.9 Å². The lowest BCUT2D eigenvalue weighted by molar-refractivity contribution is 0.101. The lowest BCUT2D eigenvalue weighted by Gasteiger charge is -2.24. The summed E-state index contributed by atoms with van der Waals surface area (Å²) in [6.07, 6.45) is 0.281. The predicted octanol–water partition coefficient (Wildman–Crippen LogP) is 4.08. The van der Waals surface area contributed by atoms with E-state index in [1.165, 1.54) is 13.0 Å². The molecule has 2 aromatic rings. The van der Waals surface area contributed by atoms with Crippen LogP contribution in [0.1, 0.15) is 23.7 Å². The molecule has 0 fully saturated rings. The highest BCUT2D eigenvalue weighted by atomic mass is 19.1. The second kappa shape index (κ2) is 6.67. The summed E-state index contributed by atoms with van der Waals surface area (Å²) in [6.45, 7) is 1.79. The fourth-order valence-corrected chi connectivity index (χ4v) is 2.10. The Morgan fingerprint density at radius 1 is 1.24 bits per heavy atom. The molecule has 2 aromatic carbocycles. The van der Waals surface area contributed by atoms with Crippen LogP contribution < -0.4 is 4.90 Å². The molecule has 0 amide bonds. The highest BCUT2D eigenvalue weighted by Crippen LogP contribution is 2.28. The number of rotatable bonds is 5. The zero-order valence-electron chi connectivity index (χ0n) is 11.7. The minimum absolute atomic E-state index is 0.177. The van der Waals surface area contributed by atoms with E-state index < -0.39 is 5.82 Å². The molecule has 21 heavy (non-hydrogen) atoms. The van der Waals surface area contributed by atoms with E-state index in [2.05, 4.69) is 6.07 Å². The van der Waals surface area contributed by atoms with Gasteiger partial charge in [0.1, 0.15) is 5.82 Å². The Morgan fingerprint density at radius 3 is 2.52 bits per heavy atom. The molecule has 0 unspecified atom stereocenters. The third kappa shape index (κ3) is 3.46. The summed E-state index contributed by atoms with van der Waals surface area (Å²) in [5.74, 6) is -0.645. The van der Waals surface area contributed by atoms with Gasteiger partial charge in [-0.25, -0.2) is 4.39 Å². The summed E-state index contributed by atoms with van der Waals surface area (Å²) in [4.78, 5) is 13.0. The smallest absolute Gasteiger partial charge is 0.159 e. The summed E-state index contributed by atoms with van der Waals surface area (Å²) < 4.78 is 14.3. The van der Waals surface area contributed by atoms with E-state index >= 15 is 0 Å². The number of carbonyl (C=O) groups is 1. The van der Waals surface area contributed by atoms with Gasteiger partial charge in [0.15, 0.2) is 5.78 Å². The zero-order valence-corrected chi connectivity index (χ0v) is 11.7. The Balaban J connectivity index is 2.42. The van der Waals surface area contributed by atoms with Crippen LogP contribution in [0.4, 0.5) is 15.8 Å². The highest BCUT2D eigenvalue weighted by Gasteiger charge is 2.14. The molecule has 0 atom stereocenters. The third-order valence-electron chi connectivity index (χ3n) is 3.16. The van der Waals surface area contributed by atoms with Crippen LogP contribution in [-0.2, 0) is 0 Å². The summed E-state index contributed by atoms with van der Waals surface area (Å²) in [5.41, 5.74) is 1.51. The molecule has 0 spiro atoms. The van der Waals surface area contributed by atoms with Gasteiger partial charge in [0.05, 0.1) is 18.2 Å². The van der Waals surface area contributed by atoms with Gasteiger partial charge in [-0.3, -0.25) is 4.79 Å². The lowest BCUT2D eigenvalue weighted by atomic mass is 10.1. The molecular weight excluding hydrogens is 267 g/mol. The van der Waals surface area contributed by atoms with Crippen molar-refractivity contribution in [1.82, 2.24) is 0 Å². The first-order valence-corrected chi connectivity index (χ1v) is 6.63. The second-order valence-corrected chi connectivity index (χ2v) is 4.62. The van der Waals surface area contributed by atoms with Gasteiger partial charge in [0.2, 0.25) is 0 Å². The molecule has 106 valence electrons. The van der Waals surface area contributed by atoms with E-state index in [4.69, 9.17) is 5.26 Å². The van der Waals surface area contributed by atoms with Crippen molar-refractivity contribution >= 4 is 17.2 Å². The maximum absolute atomic E-state index is 14.3.